The van der Waals surface area contributed by atoms with E-state index in [1.54, 1.807) is 7.11 Å². The summed E-state index contributed by atoms with van der Waals surface area (Å²) in [4.78, 5) is 12.3. The van der Waals surface area contributed by atoms with Gasteiger partial charge in [0.05, 0.1) is 20.3 Å². The van der Waals surface area contributed by atoms with Crippen LogP contribution in [0.2, 0.25) is 0 Å². The van der Waals surface area contributed by atoms with Crippen LogP contribution in [0.1, 0.15) is 27.9 Å². The lowest BCUT2D eigenvalue weighted by Crippen LogP contribution is -2.23. The van der Waals surface area contributed by atoms with E-state index in [0.717, 1.165) is 17.5 Å². The third-order valence-corrected chi connectivity index (χ3v) is 3.90. The Hall–Kier alpha value is -2.69. The van der Waals surface area contributed by atoms with Gasteiger partial charge in [-0.15, -0.1) is 0 Å². The second-order valence-electron chi connectivity index (χ2n) is 5.71. The summed E-state index contributed by atoms with van der Waals surface area (Å²) in [6, 6.07) is 11.2. The maximum absolute atomic E-state index is 12.3. The molecule has 0 fully saturated rings. The summed E-state index contributed by atoms with van der Waals surface area (Å²) in [6.07, 6.45) is 0.844. The standard InChI is InChI=1S/C19H21NO4/c1-13-4-6-14(7-5-13)19(21)20-12-15-10-17-18(11-16(15)22-2)24-9-3-8-23-17/h4-7,10-11H,3,8-9,12H2,1-2H3,(H,20,21). The number of ether oxygens (including phenoxy) is 3. The number of nitrogens with one attached hydrogen (secondary N) is 1. The molecular weight excluding hydrogens is 306 g/mol. The lowest BCUT2D eigenvalue weighted by molar-refractivity contribution is 0.0950. The normalized spacial score (nSPS) is 13.1. The first-order chi connectivity index (χ1) is 11.7. The maximum Gasteiger partial charge on any atom is 0.251 e. The Morgan fingerprint density at radius 1 is 1.12 bits per heavy atom. The zero-order valence-corrected chi connectivity index (χ0v) is 13.9. The topological polar surface area (TPSA) is 56.8 Å². The fourth-order valence-corrected chi connectivity index (χ4v) is 2.54. The molecule has 1 heterocycles. The molecule has 0 saturated heterocycles. The van der Waals surface area contributed by atoms with Gasteiger partial charge in [-0.3, -0.25) is 4.79 Å². The monoisotopic (exact) mass is 327 g/mol. The predicted molar refractivity (Wildman–Crippen MR) is 91.0 cm³/mol. The van der Waals surface area contributed by atoms with Crippen molar-refractivity contribution in [1.29, 1.82) is 0 Å². The van der Waals surface area contributed by atoms with Gasteiger partial charge in [0.1, 0.15) is 5.75 Å². The van der Waals surface area contributed by atoms with E-state index < -0.39 is 0 Å². The summed E-state index contributed by atoms with van der Waals surface area (Å²) >= 11 is 0. The summed E-state index contributed by atoms with van der Waals surface area (Å²) in [5.41, 5.74) is 2.60. The van der Waals surface area contributed by atoms with Gasteiger partial charge in [-0.25, -0.2) is 0 Å². The van der Waals surface area contributed by atoms with Gasteiger partial charge < -0.3 is 19.5 Å². The molecule has 1 amide bonds. The first-order valence-corrected chi connectivity index (χ1v) is 7.99. The molecule has 0 atom stereocenters. The fourth-order valence-electron chi connectivity index (χ4n) is 2.54. The molecule has 2 aromatic carbocycles. The number of carbonyl (C=O) groups excluding carboxylic acids is 1. The van der Waals surface area contributed by atoms with E-state index in [4.69, 9.17) is 14.2 Å². The number of hydrogen-bond acceptors (Lipinski definition) is 4. The van der Waals surface area contributed by atoms with Crippen LogP contribution in [0.15, 0.2) is 36.4 Å². The SMILES string of the molecule is COc1cc2c(cc1CNC(=O)c1ccc(C)cc1)OCCCO2. The number of fused-ring (bicyclic) bond motifs is 1. The summed E-state index contributed by atoms with van der Waals surface area (Å²) in [7, 11) is 1.60. The number of amides is 1. The van der Waals surface area contributed by atoms with E-state index in [9.17, 15) is 4.79 Å². The lowest BCUT2D eigenvalue weighted by atomic mass is 10.1. The van der Waals surface area contributed by atoms with Crippen LogP contribution in [0.5, 0.6) is 17.2 Å². The van der Waals surface area contributed by atoms with Crippen LogP contribution < -0.4 is 19.5 Å². The van der Waals surface area contributed by atoms with Crippen molar-refractivity contribution >= 4 is 5.91 Å². The zero-order chi connectivity index (χ0) is 16.9. The van der Waals surface area contributed by atoms with E-state index in [1.807, 2.05) is 43.3 Å². The van der Waals surface area contributed by atoms with Crippen molar-refractivity contribution in [3.8, 4) is 17.2 Å². The van der Waals surface area contributed by atoms with Crippen molar-refractivity contribution in [3.05, 3.63) is 53.1 Å². The van der Waals surface area contributed by atoms with Crippen LogP contribution in [0, 0.1) is 6.92 Å². The Labute approximate surface area is 141 Å². The summed E-state index contributed by atoms with van der Waals surface area (Å²) in [5, 5.41) is 2.92. The molecule has 5 nitrogen and oxygen atoms in total. The molecule has 0 radical (unpaired) electrons. The minimum Gasteiger partial charge on any atom is -0.496 e. The molecule has 3 rings (SSSR count). The number of carbonyl (C=O) groups is 1. The number of benzene rings is 2. The largest absolute Gasteiger partial charge is 0.496 e. The molecule has 24 heavy (non-hydrogen) atoms. The molecule has 0 aliphatic carbocycles. The van der Waals surface area contributed by atoms with Gasteiger partial charge in [0.2, 0.25) is 0 Å². The Bertz CT molecular complexity index is 725. The molecule has 0 bridgehead atoms. The van der Waals surface area contributed by atoms with Gasteiger partial charge in [0, 0.05) is 30.2 Å². The maximum atomic E-state index is 12.3. The predicted octanol–water partition coefficient (Wildman–Crippen LogP) is 3.09. The summed E-state index contributed by atoms with van der Waals surface area (Å²) in [5.74, 6) is 1.92. The van der Waals surface area contributed by atoms with Crippen molar-refractivity contribution in [2.24, 2.45) is 0 Å². The fraction of sp³-hybridized carbons (Fsp3) is 0.316. The van der Waals surface area contributed by atoms with E-state index in [2.05, 4.69) is 5.32 Å². The van der Waals surface area contributed by atoms with Gasteiger partial charge in [-0.1, -0.05) is 17.7 Å². The highest BCUT2D eigenvalue weighted by Crippen LogP contribution is 2.36. The van der Waals surface area contributed by atoms with Crippen LogP contribution in [0.4, 0.5) is 0 Å². The molecule has 0 spiro atoms. The van der Waals surface area contributed by atoms with Crippen molar-refractivity contribution in [1.82, 2.24) is 5.32 Å². The van der Waals surface area contributed by atoms with Crippen LogP contribution >= 0.6 is 0 Å². The Morgan fingerprint density at radius 2 is 1.79 bits per heavy atom. The number of rotatable bonds is 4. The molecular formula is C19H21NO4. The highest BCUT2D eigenvalue weighted by molar-refractivity contribution is 5.94. The minimum absolute atomic E-state index is 0.121. The van der Waals surface area contributed by atoms with Crippen molar-refractivity contribution < 1.29 is 19.0 Å². The van der Waals surface area contributed by atoms with E-state index in [-0.39, 0.29) is 5.91 Å². The zero-order valence-electron chi connectivity index (χ0n) is 13.9. The highest BCUT2D eigenvalue weighted by Gasteiger charge is 2.16. The van der Waals surface area contributed by atoms with Gasteiger partial charge in [-0.05, 0) is 25.1 Å². The van der Waals surface area contributed by atoms with E-state index >= 15 is 0 Å². The quantitative estimate of drug-likeness (QED) is 0.937. The third kappa shape index (κ3) is 3.62. The molecule has 0 saturated carbocycles. The molecule has 126 valence electrons. The Morgan fingerprint density at radius 3 is 2.46 bits per heavy atom. The van der Waals surface area contributed by atoms with Gasteiger partial charge >= 0.3 is 0 Å². The van der Waals surface area contributed by atoms with Crippen molar-refractivity contribution in [2.75, 3.05) is 20.3 Å². The number of aryl methyl sites for hydroxylation is 1. The Balaban J connectivity index is 1.75. The molecule has 1 aliphatic heterocycles. The van der Waals surface area contributed by atoms with Crippen molar-refractivity contribution in [2.45, 2.75) is 19.9 Å². The van der Waals surface area contributed by atoms with Gasteiger partial charge in [-0.2, -0.15) is 0 Å². The van der Waals surface area contributed by atoms with Gasteiger partial charge in [0.25, 0.3) is 5.91 Å². The second kappa shape index (κ2) is 7.25. The smallest absolute Gasteiger partial charge is 0.251 e. The first-order valence-electron chi connectivity index (χ1n) is 7.99. The highest BCUT2D eigenvalue weighted by atomic mass is 16.5. The molecule has 0 unspecified atom stereocenters. The van der Waals surface area contributed by atoms with Crippen molar-refractivity contribution in [3.63, 3.8) is 0 Å². The number of hydrogen-bond donors (Lipinski definition) is 1. The lowest BCUT2D eigenvalue weighted by Gasteiger charge is -2.14. The minimum atomic E-state index is -0.121. The van der Waals surface area contributed by atoms with Crippen LogP contribution in [-0.4, -0.2) is 26.2 Å². The van der Waals surface area contributed by atoms with E-state index in [0.29, 0.717) is 42.6 Å². The van der Waals surface area contributed by atoms with E-state index in [1.165, 1.54) is 0 Å². The summed E-state index contributed by atoms with van der Waals surface area (Å²) < 4.78 is 16.8. The molecule has 1 N–H and O–H groups in total. The molecule has 0 aromatic heterocycles. The average molecular weight is 327 g/mol. The molecule has 1 aliphatic rings. The third-order valence-electron chi connectivity index (χ3n) is 3.90. The Kier molecular flexibility index (Phi) is 4.89. The van der Waals surface area contributed by atoms with Crippen LogP contribution in [0.3, 0.4) is 0 Å². The second-order valence-corrected chi connectivity index (χ2v) is 5.71. The number of methoxy groups -OCH3 is 1. The van der Waals surface area contributed by atoms with Gasteiger partial charge in [0.15, 0.2) is 11.5 Å². The molecule has 2 aromatic rings. The molecule has 5 heteroatoms. The summed E-state index contributed by atoms with van der Waals surface area (Å²) in [6.45, 7) is 3.59. The first kappa shape index (κ1) is 16.2. The van der Waals surface area contributed by atoms with Crippen LogP contribution in [0.25, 0.3) is 0 Å². The average Bonchev–Trinajstić information content (AvgIpc) is 2.84. The van der Waals surface area contributed by atoms with Crippen LogP contribution in [-0.2, 0) is 6.54 Å².